The average molecular weight is 319 g/mol. The largest absolute Gasteiger partial charge is 0.329 e. The maximum atomic E-state index is 12.4. The van der Waals surface area contributed by atoms with Gasteiger partial charge in [0.15, 0.2) is 5.03 Å². The topological polar surface area (TPSA) is 62.8 Å². The summed E-state index contributed by atoms with van der Waals surface area (Å²) in [5, 5.41) is 0.682. The molecule has 0 atom stereocenters. The molecule has 0 amide bonds. The fraction of sp³-hybridized carbons (Fsp3) is 0. The van der Waals surface area contributed by atoms with Crippen LogP contribution in [0, 0.1) is 0 Å². The fourth-order valence-corrected chi connectivity index (χ4v) is 3.24. The minimum absolute atomic E-state index is 0.0682. The van der Waals surface area contributed by atoms with E-state index in [9.17, 15) is 8.42 Å². The van der Waals surface area contributed by atoms with E-state index in [-0.39, 0.29) is 9.92 Å². The number of hydrogen-bond donors (Lipinski definition) is 1. The number of sulfone groups is 1. The lowest BCUT2D eigenvalue weighted by atomic mass is 10.2. The third-order valence-corrected chi connectivity index (χ3v) is 4.94. The molecule has 2 aromatic carbocycles. The van der Waals surface area contributed by atoms with Crippen molar-refractivity contribution in [1.29, 1.82) is 0 Å². The maximum Gasteiger partial charge on any atom is 0.223 e. The lowest BCUT2D eigenvalue weighted by Gasteiger charge is -2.01. The molecule has 0 aliphatic rings. The molecule has 0 fully saturated rings. The average Bonchev–Trinajstić information content (AvgIpc) is 2.99. The zero-order valence-electron chi connectivity index (χ0n) is 10.8. The molecule has 3 aromatic rings. The Morgan fingerprint density at radius 2 is 1.62 bits per heavy atom. The smallest absolute Gasteiger partial charge is 0.223 e. The number of benzene rings is 2. The molecule has 106 valence electrons. The summed E-state index contributed by atoms with van der Waals surface area (Å²) in [6.45, 7) is 0. The molecule has 0 radical (unpaired) electrons. The van der Waals surface area contributed by atoms with Crippen LogP contribution in [0.15, 0.2) is 70.7 Å². The lowest BCUT2D eigenvalue weighted by Crippen LogP contribution is -2.01. The molecule has 21 heavy (non-hydrogen) atoms. The van der Waals surface area contributed by atoms with Crippen molar-refractivity contribution < 1.29 is 8.42 Å². The first kappa shape index (κ1) is 13.9. The predicted molar refractivity (Wildman–Crippen MR) is 80.9 cm³/mol. The second-order valence-electron chi connectivity index (χ2n) is 4.42. The Hall–Kier alpha value is -2.11. The Labute approximate surface area is 127 Å². The highest BCUT2D eigenvalue weighted by Gasteiger charge is 2.20. The summed E-state index contributed by atoms with van der Waals surface area (Å²) in [4.78, 5) is 7.21. The van der Waals surface area contributed by atoms with Gasteiger partial charge in [-0.25, -0.2) is 13.4 Å². The molecule has 1 aromatic heterocycles. The molecule has 4 nitrogen and oxygen atoms in total. The molecule has 6 heteroatoms. The van der Waals surface area contributed by atoms with E-state index < -0.39 is 9.84 Å². The zero-order valence-corrected chi connectivity index (χ0v) is 12.4. The summed E-state index contributed by atoms with van der Waals surface area (Å²) < 4.78 is 24.9. The molecular weight excluding hydrogens is 308 g/mol. The van der Waals surface area contributed by atoms with Crippen molar-refractivity contribution in [1.82, 2.24) is 9.97 Å². The lowest BCUT2D eigenvalue weighted by molar-refractivity contribution is 0.593. The van der Waals surface area contributed by atoms with E-state index >= 15 is 0 Å². The van der Waals surface area contributed by atoms with Gasteiger partial charge >= 0.3 is 0 Å². The van der Waals surface area contributed by atoms with E-state index in [0.717, 1.165) is 5.56 Å². The number of nitrogens with zero attached hydrogens (tertiary/aromatic N) is 1. The van der Waals surface area contributed by atoms with Gasteiger partial charge in [0.1, 0.15) is 5.82 Å². The molecule has 0 unspecified atom stereocenters. The molecule has 1 heterocycles. The third kappa shape index (κ3) is 2.70. The summed E-state index contributed by atoms with van der Waals surface area (Å²) in [7, 11) is -3.58. The monoisotopic (exact) mass is 318 g/mol. The van der Waals surface area contributed by atoms with Crippen LogP contribution in [-0.4, -0.2) is 18.4 Å². The normalized spacial score (nSPS) is 11.5. The van der Waals surface area contributed by atoms with E-state index in [1.807, 2.05) is 0 Å². The second-order valence-corrected chi connectivity index (χ2v) is 6.77. The summed E-state index contributed by atoms with van der Waals surface area (Å²) >= 11 is 5.83. The van der Waals surface area contributed by atoms with Crippen LogP contribution >= 0.6 is 11.6 Å². The van der Waals surface area contributed by atoms with Crippen molar-refractivity contribution in [2.24, 2.45) is 0 Å². The van der Waals surface area contributed by atoms with Crippen LogP contribution in [0.1, 0.15) is 0 Å². The first-order chi connectivity index (χ1) is 10.1. The highest BCUT2D eigenvalue weighted by molar-refractivity contribution is 7.91. The minimum Gasteiger partial charge on any atom is -0.329 e. The van der Waals surface area contributed by atoms with Gasteiger partial charge in [-0.3, -0.25) is 0 Å². The van der Waals surface area contributed by atoms with Crippen molar-refractivity contribution in [3.8, 4) is 11.4 Å². The van der Waals surface area contributed by atoms with Gasteiger partial charge in [-0.15, -0.1) is 0 Å². The summed E-state index contributed by atoms with van der Waals surface area (Å²) in [6, 6.07) is 15.3. The number of aromatic nitrogens is 2. The van der Waals surface area contributed by atoms with Gasteiger partial charge in [-0.05, 0) is 36.4 Å². The SMILES string of the molecule is O=S(=O)(c1ccccc1)c1cnc(-c2ccc(Cl)cc2)[nH]1. The van der Waals surface area contributed by atoms with Crippen LogP contribution in [0.25, 0.3) is 11.4 Å². The number of rotatable bonds is 3. The Kier molecular flexibility index (Phi) is 3.53. The van der Waals surface area contributed by atoms with Crippen molar-refractivity contribution in [2.75, 3.05) is 0 Å². The summed E-state index contributed by atoms with van der Waals surface area (Å²) in [5.74, 6) is 0.487. The number of H-pyrrole nitrogens is 1. The number of nitrogens with one attached hydrogen (secondary N) is 1. The quantitative estimate of drug-likeness (QED) is 0.803. The van der Waals surface area contributed by atoms with Crippen molar-refractivity contribution in [3.63, 3.8) is 0 Å². The minimum atomic E-state index is -3.58. The summed E-state index contributed by atoms with van der Waals surface area (Å²) in [6.07, 6.45) is 1.33. The number of aromatic amines is 1. The molecule has 0 aliphatic heterocycles. The van der Waals surface area contributed by atoms with Crippen LogP contribution in [-0.2, 0) is 9.84 Å². The first-order valence-corrected chi connectivity index (χ1v) is 8.04. The maximum absolute atomic E-state index is 12.4. The van der Waals surface area contributed by atoms with Crippen molar-refractivity contribution in [2.45, 2.75) is 9.92 Å². The number of imidazole rings is 1. The molecule has 3 rings (SSSR count). The number of halogens is 1. The second kappa shape index (κ2) is 5.35. The van der Waals surface area contributed by atoms with Crippen molar-refractivity contribution >= 4 is 21.4 Å². The molecule has 0 saturated carbocycles. The van der Waals surface area contributed by atoms with Gasteiger partial charge in [0.05, 0.1) is 11.1 Å². The van der Waals surface area contributed by atoms with E-state index in [1.54, 1.807) is 54.6 Å². The van der Waals surface area contributed by atoms with E-state index in [1.165, 1.54) is 6.20 Å². The van der Waals surface area contributed by atoms with Gasteiger partial charge in [0, 0.05) is 10.6 Å². The Bertz CT molecular complexity index is 856. The van der Waals surface area contributed by atoms with Gasteiger partial charge in [0.2, 0.25) is 9.84 Å². The van der Waals surface area contributed by atoms with Gasteiger partial charge in [0.25, 0.3) is 0 Å². The van der Waals surface area contributed by atoms with Crippen LogP contribution < -0.4 is 0 Å². The van der Waals surface area contributed by atoms with Crippen LogP contribution in [0.3, 0.4) is 0 Å². The number of hydrogen-bond acceptors (Lipinski definition) is 3. The Balaban J connectivity index is 2.01. The molecule has 0 spiro atoms. The van der Waals surface area contributed by atoms with Crippen LogP contribution in [0.5, 0.6) is 0 Å². The van der Waals surface area contributed by atoms with E-state index in [0.29, 0.717) is 10.8 Å². The molecule has 0 aliphatic carbocycles. The first-order valence-electron chi connectivity index (χ1n) is 6.18. The van der Waals surface area contributed by atoms with Crippen LogP contribution in [0.2, 0.25) is 5.02 Å². The Morgan fingerprint density at radius 3 is 2.29 bits per heavy atom. The van der Waals surface area contributed by atoms with Gasteiger partial charge in [-0.1, -0.05) is 29.8 Å². The van der Waals surface area contributed by atoms with Crippen LogP contribution in [0.4, 0.5) is 0 Å². The Morgan fingerprint density at radius 1 is 0.952 bits per heavy atom. The molecular formula is C15H11ClN2O2S. The summed E-state index contributed by atoms with van der Waals surface area (Å²) in [5.41, 5.74) is 0.772. The van der Waals surface area contributed by atoms with E-state index in [2.05, 4.69) is 9.97 Å². The van der Waals surface area contributed by atoms with Gasteiger partial charge < -0.3 is 4.98 Å². The zero-order chi connectivity index (χ0) is 14.9. The van der Waals surface area contributed by atoms with E-state index in [4.69, 9.17) is 11.6 Å². The molecule has 0 bridgehead atoms. The highest BCUT2D eigenvalue weighted by atomic mass is 35.5. The molecule has 0 saturated heterocycles. The van der Waals surface area contributed by atoms with Gasteiger partial charge in [-0.2, -0.15) is 0 Å². The van der Waals surface area contributed by atoms with Crippen molar-refractivity contribution in [3.05, 3.63) is 65.8 Å². The molecule has 1 N–H and O–H groups in total. The standard InChI is InChI=1S/C15H11ClN2O2S/c16-12-8-6-11(7-9-12)15-17-10-14(18-15)21(19,20)13-4-2-1-3-5-13/h1-10H,(H,17,18). The third-order valence-electron chi connectivity index (χ3n) is 3.01. The predicted octanol–water partition coefficient (Wildman–Crippen LogP) is 3.56. The fourth-order valence-electron chi connectivity index (χ4n) is 1.92. The highest BCUT2D eigenvalue weighted by Crippen LogP contribution is 2.23.